The summed E-state index contributed by atoms with van der Waals surface area (Å²) >= 11 is 0.898. The van der Waals surface area contributed by atoms with E-state index in [1.807, 2.05) is 0 Å². The van der Waals surface area contributed by atoms with E-state index < -0.39 is 37.6 Å². The summed E-state index contributed by atoms with van der Waals surface area (Å²) in [5, 5.41) is 4.64. The fourth-order valence-electron chi connectivity index (χ4n) is 2.33. The number of phosphoric acid groups is 1. The number of phosphoric ester groups is 1. The van der Waals surface area contributed by atoms with E-state index in [4.69, 9.17) is 18.5 Å². The van der Waals surface area contributed by atoms with Crippen LogP contribution in [0, 0.1) is 5.41 Å². The maximum atomic E-state index is 12.4. The average Bonchev–Trinajstić information content (AvgIpc) is 2.83. The predicted molar refractivity (Wildman–Crippen MR) is 134 cm³/mol. The van der Waals surface area contributed by atoms with Crippen molar-refractivity contribution in [1.82, 2.24) is 15.5 Å². The van der Waals surface area contributed by atoms with Crippen molar-refractivity contribution in [2.75, 3.05) is 39.2 Å². The summed E-state index contributed by atoms with van der Waals surface area (Å²) in [6, 6.07) is 0. The van der Waals surface area contributed by atoms with Gasteiger partial charge >= 0.3 is 13.9 Å². The highest BCUT2D eigenvalue weighted by molar-refractivity contribution is 8.13. The number of ether oxygens (including phenoxy) is 2. The van der Waals surface area contributed by atoms with Gasteiger partial charge in [0.05, 0.1) is 31.3 Å². The van der Waals surface area contributed by atoms with Crippen LogP contribution in [0.1, 0.15) is 41.0 Å². The summed E-state index contributed by atoms with van der Waals surface area (Å²) in [4.78, 5) is 57.4. The number of amides is 3. The van der Waals surface area contributed by atoms with Crippen molar-refractivity contribution in [2.24, 2.45) is 5.41 Å². The molecule has 0 spiro atoms. The molecule has 0 saturated heterocycles. The molecule has 0 heterocycles. The van der Waals surface area contributed by atoms with Gasteiger partial charge in [-0.1, -0.05) is 32.5 Å². The first-order valence-electron chi connectivity index (χ1n) is 11.3. The fourth-order valence-corrected chi connectivity index (χ4v) is 4.02. The lowest BCUT2D eigenvalue weighted by molar-refractivity contribution is -0.133. The Hall–Kier alpha value is -1.96. The Kier molecular flexibility index (Phi) is 16.5. The van der Waals surface area contributed by atoms with E-state index in [1.165, 1.54) is 13.2 Å². The maximum Gasteiger partial charge on any atom is 0.472 e. The van der Waals surface area contributed by atoms with Crippen molar-refractivity contribution >= 4 is 43.1 Å². The van der Waals surface area contributed by atoms with Crippen LogP contribution in [0.4, 0.5) is 4.79 Å². The van der Waals surface area contributed by atoms with Gasteiger partial charge in [0.15, 0.2) is 5.12 Å². The molecule has 3 unspecified atom stereocenters. The van der Waals surface area contributed by atoms with Gasteiger partial charge in [-0.3, -0.25) is 28.3 Å². The Morgan fingerprint density at radius 1 is 1.22 bits per heavy atom. The fraction of sp³-hybridized carbons (Fsp3) is 0.714. The van der Waals surface area contributed by atoms with E-state index in [0.29, 0.717) is 12.8 Å². The maximum absolute atomic E-state index is 12.4. The second-order valence-electron chi connectivity index (χ2n) is 7.94. The number of nitrogens with one attached hydrogen (secondary N) is 2. The molecule has 3 amide bonds. The van der Waals surface area contributed by atoms with E-state index in [1.54, 1.807) is 34.6 Å². The van der Waals surface area contributed by atoms with Crippen LogP contribution >= 0.6 is 19.6 Å². The number of nitrogens with zero attached hydrogens (tertiary/aromatic N) is 1. The van der Waals surface area contributed by atoms with Crippen LogP contribution in [0.3, 0.4) is 0 Å². The first-order valence-corrected chi connectivity index (χ1v) is 13.8. The van der Waals surface area contributed by atoms with Crippen LogP contribution in [0.5, 0.6) is 0 Å². The molecule has 15 heteroatoms. The molecule has 0 bridgehead atoms. The van der Waals surface area contributed by atoms with Gasteiger partial charge in [0, 0.05) is 31.6 Å². The third-order valence-corrected chi connectivity index (χ3v) is 6.70. The number of hydrogen-bond acceptors (Lipinski definition) is 10. The predicted octanol–water partition coefficient (Wildman–Crippen LogP) is 2.01. The zero-order valence-electron chi connectivity index (χ0n) is 21.6. The summed E-state index contributed by atoms with van der Waals surface area (Å²) in [6.07, 6.45) is 1.23. The van der Waals surface area contributed by atoms with E-state index in [2.05, 4.69) is 10.6 Å². The van der Waals surface area contributed by atoms with Crippen molar-refractivity contribution in [3.63, 3.8) is 0 Å². The average molecular weight is 556 g/mol. The van der Waals surface area contributed by atoms with Gasteiger partial charge in [0.1, 0.15) is 6.23 Å². The third kappa shape index (κ3) is 14.6. The monoisotopic (exact) mass is 555 g/mol. The molecule has 0 aromatic carbocycles. The third-order valence-electron chi connectivity index (χ3n) is 4.53. The zero-order valence-corrected chi connectivity index (χ0v) is 23.3. The topological polar surface area (TPSA) is 170 Å². The minimum atomic E-state index is -4.43. The molecule has 0 rings (SSSR count). The van der Waals surface area contributed by atoms with Gasteiger partial charge in [0.25, 0.3) is 0 Å². The smallest absolute Gasteiger partial charge is 0.450 e. The number of rotatable bonds is 18. The molecule has 0 aromatic heterocycles. The molecule has 0 saturated carbocycles. The second-order valence-corrected chi connectivity index (χ2v) is 10.5. The Morgan fingerprint density at radius 2 is 1.89 bits per heavy atom. The minimum absolute atomic E-state index is 0.0695. The first kappa shape index (κ1) is 34.0. The molecule has 0 aromatic rings. The lowest BCUT2D eigenvalue weighted by Gasteiger charge is -2.27. The highest BCUT2D eigenvalue weighted by atomic mass is 32.2. The second kappa shape index (κ2) is 17.5. The largest absolute Gasteiger partial charge is 0.472 e. The van der Waals surface area contributed by atoms with Crippen LogP contribution in [-0.4, -0.2) is 84.8 Å². The van der Waals surface area contributed by atoms with Crippen molar-refractivity contribution in [3.8, 4) is 0 Å². The van der Waals surface area contributed by atoms with Gasteiger partial charge < -0.3 is 25.0 Å². The summed E-state index contributed by atoms with van der Waals surface area (Å²) in [5.41, 5.74) is -0.885. The molecule has 208 valence electrons. The highest BCUT2D eigenvalue weighted by Crippen LogP contribution is 2.43. The molecule has 0 fully saturated rings. The summed E-state index contributed by atoms with van der Waals surface area (Å²) in [6.45, 7) is 8.06. The van der Waals surface area contributed by atoms with Gasteiger partial charge in [-0.2, -0.15) is 0 Å². The standard InChI is InChI=1S/C21H38N3O10PS/c1-7-17(34-16(3)24(15-25)10-9-18(26)22-6)13-33-35(29,30)32-11-12-36-19(27)21(4,5)14-23-20(28)31-8-2/h9-10,15-17H,7-8,11-14H2,1-6H3,(H,22,26)(H,23,28)(H,29,30)/b10-9-. The van der Waals surface area contributed by atoms with Gasteiger partial charge in [-0.25, -0.2) is 9.36 Å². The number of hydrogen-bond donors (Lipinski definition) is 3. The Bertz CT molecular complexity index is 796. The molecular formula is C21H38N3O10PS. The zero-order chi connectivity index (χ0) is 27.8. The summed E-state index contributed by atoms with van der Waals surface area (Å²) in [5.74, 6) is -0.314. The Labute approximate surface area is 216 Å². The number of carbonyl (C=O) groups excluding carboxylic acids is 4. The quantitative estimate of drug-likeness (QED) is 0.0743. The number of carbonyl (C=O) groups is 4. The van der Waals surface area contributed by atoms with Crippen molar-refractivity contribution in [2.45, 2.75) is 53.4 Å². The molecular weight excluding hydrogens is 517 g/mol. The minimum Gasteiger partial charge on any atom is -0.450 e. The van der Waals surface area contributed by atoms with Gasteiger partial charge in [0.2, 0.25) is 12.3 Å². The van der Waals surface area contributed by atoms with Crippen molar-refractivity contribution < 1.29 is 47.2 Å². The molecule has 0 radical (unpaired) electrons. The van der Waals surface area contributed by atoms with Crippen LogP contribution in [0.2, 0.25) is 0 Å². The van der Waals surface area contributed by atoms with Crippen LogP contribution in [0.15, 0.2) is 12.3 Å². The number of thioether (sulfide) groups is 1. The van der Waals surface area contributed by atoms with Gasteiger partial charge in [-0.15, -0.1) is 0 Å². The number of alkyl carbamates (subject to hydrolysis) is 1. The van der Waals surface area contributed by atoms with Crippen LogP contribution in [0.25, 0.3) is 0 Å². The van der Waals surface area contributed by atoms with E-state index in [0.717, 1.165) is 22.7 Å². The van der Waals surface area contributed by atoms with Crippen molar-refractivity contribution in [3.05, 3.63) is 12.3 Å². The first-order chi connectivity index (χ1) is 16.8. The lowest BCUT2D eigenvalue weighted by Crippen LogP contribution is -2.38. The molecule has 3 N–H and O–H groups in total. The van der Waals surface area contributed by atoms with Crippen molar-refractivity contribution in [1.29, 1.82) is 0 Å². The van der Waals surface area contributed by atoms with Crippen LogP contribution in [-0.2, 0) is 37.5 Å². The van der Waals surface area contributed by atoms with Crippen LogP contribution < -0.4 is 10.6 Å². The normalized spacial score (nSPS) is 15.0. The summed E-state index contributed by atoms with van der Waals surface area (Å²) < 4.78 is 32.5. The molecule has 36 heavy (non-hydrogen) atoms. The molecule has 0 aliphatic carbocycles. The van der Waals surface area contributed by atoms with E-state index >= 15 is 0 Å². The Balaban J connectivity index is 4.54. The summed E-state index contributed by atoms with van der Waals surface area (Å²) in [7, 11) is -2.98. The Morgan fingerprint density at radius 3 is 2.44 bits per heavy atom. The van der Waals surface area contributed by atoms with Gasteiger partial charge in [-0.05, 0) is 20.3 Å². The number of likely N-dealkylation sites (N-methyl/N-ethyl adjacent to an activating group) is 1. The molecule has 0 aliphatic heterocycles. The highest BCUT2D eigenvalue weighted by Gasteiger charge is 2.29. The lowest BCUT2D eigenvalue weighted by atomic mass is 9.96. The molecule has 3 atom stereocenters. The molecule has 0 aliphatic rings. The van der Waals surface area contributed by atoms with E-state index in [-0.39, 0.29) is 37.2 Å². The molecule has 13 nitrogen and oxygen atoms in total. The van der Waals surface area contributed by atoms with E-state index in [9.17, 15) is 28.6 Å². The SMILES string of the molecule is CCOC(=O)NCC(C)(C)C(=O)SCCOP(=O)(O)OCC(CC)OC(C)N(C=O)/C=C\C(=O)NC.